The normalized spacial score (nSPS) is 13.0. The SMILES string of the molecule is CCc1ccc(C(C)N(C)CCCNC)cc1. The van der Waals surface area contributed by atoms with Crippen LogP contribution < -0.4 is 5.32 Å². The van der Waals surface area contributed by atoms with Gasteiger partial charge in [-0.25, -0.2) is 0 Å². The maximum Gasteiger partial charge on any atom is 0.0316 e. The molecule has 17 heavy (non-hydrogen) atoms. The predicted octanol–water partition coefficient (Wildman–Crippen LogP) is 2.85. The van der Waals surface area contributed by atoms with E-state index >= 15 is 0 Å². The van der Waals surface area contributed by atoms with Gasteiger partial charge in [0, 0.05) is 6.04 Å². The maximum atomic E-state index is 3.19. The van der Waals surface area contributed by atoms with Crippen molar-refractivity contribution in [3.8, 4) is 0 Å². The molecule has 0 aliphatic rings. The zero-order valence-corrected chi connectivity index (χ0v) is 11.7. The van der Waals surface area contributed by atoms with Gasteiger partial charge in [0.25, 0.3) is 0 Å². The summed E-state index contributed by atoms with van der Waals surface area (Å²) in [5.74, 6) is 0. The van der Waals surface area contributed by atoms with Gasteiger partial charge in [-0.2, -0.15) is 0 Å². The molecule has 0 bridgehead atoms. The van der Waals surface area contributed by atoms with Crippen LogP contribution in [0.25, 0.3) is 0 Å². The molecule has 1 N–H and O–H groups in total. The van der Waals surface area contributed by atoms with E-state index < -0.39 is 0 Å². The fourth-order valence-corrected chi connectivity index (χ4v) is 1.99. The highest BCUT2D eigenvalue weighted by atomic mass is 15.1. The second-order valence-corrected chi connectivity index (χ2v) is 4.71. The molecule has 96 valence electrons. The molecular weight excluding hydrogens is 208 g/mol. The second kappa shape index (κ2) is 7.46. The van der Waals surface area contributed by atoms with Crippen LogP contribution in [-0.2, 0) is 6.42 Å². The molecule has 0 aliphatic heterocycles. The lowest BCUT2D eigenvalue weighted by Crippen LogP contribution is -2.25. The molecule has 0 aliphatic carbocycles. The summed E-state index contributed by atoms with van der Waals surface area (Å²) in [4.78, 5) is 2.41. The monoisotopic (exact) mass is 234 g/mol. The van der Waals surface area contributed by atoms with Crippen LogP contribution in [0.4, 0.5) is 0 Å². The van der Waals surface area contributed by atoms with E-state index in [4.69, 9.17) is 0 Å². The summed E-state index contributed by atoms with van der Waals surface area (Å²) in [5, 5.41) is 3.19. The number of aryl methyl sites for hydroxylation is 1. The van der Waals surface area contributed by atoms with Crippen LogP contribution in [-0.4, -0.2) is 32.1 Å². The van der Waals surface area contributed by atoms with E-state index in [1.54, 1.807) is 0 Å². The molecular formula is C15H26N2. The Bertz CT molecular complexity index is 305. The summed E-state index contributed by atoms with van der Waals surface area (Å²) < 4.78 is 0. The first-order valence-corrected chi connectivity index (χ1v) is 6.62. The second-order valence-electron chi connectivity index (χ2n) is 4.71. The Kier molecular flexibility index (Phi) is 6.23. The highest BCUT2D eigenvalue weighted by Crippen LogP contribution is 2.19. The van der Waals surface area contributed by atoms with Gasteiger partial charge in [0.15, 0.2) is 0 Å². The highest BCUT2D eigenvalue weighted by molar-refractivity contribution is 5.24. The lowest BCUT2D eigenvalue weighted by atomic mass is 10.0. The predicted molar refractivity (Wildman–Crippen MR) is 75.4 cm³/mol. The summed E-state index contributed by atoms with van der Waals surface area (Å²) in [6, 6.07) is 9.51. The molecule has 0 heterocycles. The summed E-state index contributed by atoms with van der Waals surface area (Å²) in [7, 11) is 4.21. The fraction of sp³-hybridized carbons (Fsp3) is 0.600. The van der Waals surface area contributed by atoms with Crippen molar-refractivity contribution >= 4 is 0 Å². The van der Waals surface area contributed by atoms with Crippen LogP contribution in [0.15, 0.2) is 24.3 Å². The first kappa shape index (κ1) is 14.2. The molecule has 0 aromatic heterocycles. The summed E-state index contributed by atoms with van der Waals surface area (Å²) in [6.07, 6.45) is 2.32. The van der Waals surface area contributed by atoms with E-state index in [1.165, 1.54) is 17.5 Å². The molecule has 1 aromatic carbocycles. The molecule has 0 amide bonds. The molecule has 2 heteroatoms. The van der Waals surface area contributed by atoms with Gasteiger partial charge < -0.3 is 5.32 Å². The van der Waals surface area contributed by atoms with Gasteiger partial charge in [-0.1, -0.05) is 31.2 Å². The highest BCUT2D eigenvalue weighted by Gasteiger charge is 2.10. The molecule has 1 unspecified atom stereocenters. The lowest BCUT2D eigenvalue weighted by molar-refractivity contribution is 0.258. The van der Waals surface area contributed by atoms with Crippen LogP contribution in [0.1, 0.15) is 37.4 Å². The van der Waals surface area contributed by atoms with Crippen molar-refractivity contribution in [1.29, 1.82) is 0 Å². The van der Waals surface area contributed by atoms with Gasteiger partial charge in [-0.15, -0.1) is 0 Å². The number of nitrogens with one attached hydrogen (secondary N) is 1. The topological polar surface area (TPSA) is 15.3 Å². The molecule has 1 aromatic rings. The Morgan fingerprint density at radius 3 is 2.41 bits per heavy atom. The van der Waals surface area contributed by atoms with E-state index in [0.29, 0.717) is 6.04 Å². The standard InChI is InChI=1S/C15H26N2/c1-5-14-7-9-15(10-8-14)13(2)17(4)12-6-11-16-3/h7-10,13,16H,5-6,11-12H2,1-4H3. The minimum atomic E-state index is 0.498. The van der Waals surface area contributed by atoms with Crippen LogP contribution >= 0.6 is 0 Å². The van der Waals surface area contributed by atoms with Gasteiger partial charge in [-0.3, -0.25) is 4.90 Å². The summed E-state index contributed by atoms with van der Waals surface area (Å²) in [5.41, 5.74) is 2.83. The summed E-state index contributed by atoms with van der Waals surface area (Å²) in [6.45, 7) is 6.70. The number of hydrogen-bond donors (Lipinski definition) is 1. The van der Waals surface area contributed by atoms with Gasteiger partial charge >= 0.3 is 0 Å². The average molecular weight is 234 g/mol. The summed E-state index contributed by atoms with van der Waals surface area (Å²) >= 11 is 0. The first-order chi connectivity index (χ1) is 8.19. The molecule has 0 spiro atoms. The average Bonchev–Trinajstić information content (AvgIpc) is 2.38. The van der Waals surface area contributed by atoms with E-state index in [2.05, 4.69) is 55.4 Å². The Labute approximate surface area is 106 Å². The van der Waals surface area contributed by atoms with Gasteiger partial charge in [-0.05, 0) is 58.1 Å². The maximum absolute atomic E-state index is 3.19. The van der Waals surface area contributed by atoms with E-state index in [-0.39, 0.29) is 0 Å². The van der Waals surface area contributed by atoms with Gasteiger partial charge in [0.2, 0.25) is 0 Å². The Morgan fingerprint density at radius 2 is 1.88 bits per heavy atom. The van der Waals surface area contributed by atoms with Crippen molar-refractivity contribution in [2.45, 2.75) is 32.7 Å². The zero-order chi connectivity index (χ0) is 12.7. The molecule has 1 atom stereocenters. The van der Waals surface area contributed by atoms with Crippen molar-refractivity contribution in [1.82, 2.24) is 10.2 Å². The third kappa shape index (κ3) is 4.49. The quantitative estimate of drug-likeness (QED) is 0.730. The van der Waals surface area contributed by atoms with Gasteiger partial charge in [0.05, 0.1) is 0 Å². The molecule has 0 saturated heterocycles. The number of benzene rings is 1. The van der Waals surface area contributed by atoms with E-state index in [9.17, 15) is 0 Å². The molecule has 0 radical (unpaired) electrons. The third-order valence-electron chi connectivity index (χ3n) is 3.47. The van der Waals surface area contributed by atoms with Crippen LogP contribution in [0, 0.1) is 0 Å². The number of rotatable bonds is 7. The Morgan fingerprint density at radius 1 is 1.24 bits per heavy atom. The largest absolute Gasteiger partial charge is 0.320 e. The van der Waals surface area contributed by atoms with Crippen molar-refractivity contribution in [2.75, 3.05) is 27.2 Å². The van der Waals surface area contributed by atoms with Crippen molar-refractivity contribution in [2.24, 2.45) is 0 Å². The van der Waals surface area contributed by atoms with Crippen LogP contribution in [0.3, 0.4) is 0 Å². The molecule has 0 fully saturated rings. The minimum Gasteiger partial charge on any atom is -0.320 e. The zero-order valence-electron chi connectivity index (χ0n) is 11.7. The van der Waals surface area contributed by atoms with Crippen molar-refractivity contribution < 1.29 is 0 Å². The third-order valence-corrected chi connectivity index (χ3v) is 3.47. The number of nitrogens with zero attached hydrogens (tertiary/aromatic N) is 1. The Hall–Kier alpha value is -0.860. The van der Waals surface area contributed by atoms with Gasteiger partial charge in [0.1, 0.15) is 0 Å². The minimum absolute atomic E-state index is 0.498. The van der Waals surface area contributed by atoms with Crippen molar-refractivity contribution in [3.05, 3.63) is 35.4 Å². The fourth-order valence-electron chi connectivity index (χ4n) is 1.99. The van der Waals surface area contributed by atoms with E-state index in [1.807, 2.05) is 7.05 Å². The van der Waals surface area contributed by atoms with Crippen molar-refractivity contribution in [3.63, 3.8) is 0 Å². The Balaban J connectivity index is 2.52. The number of hydrogen-bond acceptors (Lipinski definition) is 2. The molecule has 2 nitrogen and oxygen atoms in total. The first-order valence-electron chi connectivity index (χ1n) is 6.62. The molecule has 1 rings (SSSR count). The lowest BCUT2D eigenvalue weighted by Gasteiger charge is -2.25. The van der Waals surface area contributed by atoms with Crippen LogP contribution in [0.5, 0.6) is 0 Å². The van der Waals surface area contributed by atoms with Crippen LogP contribution in [0.2, 0.25) is 0 Å². The smallest absolute Gasteiger partial charge is 0.0316 e. The van der Waals surface area contributed by atoms with E-state index in [0.717, 1.165) is 19.5 Å². The molecule has 0 saturated carbocycles.